The van der Waals surface area contributed by atoms with Crippen molar-refractivity contribution in [3.8, 4) is 35.2 Å². The van der Waals surface area contributed by atoms with Crippen LogP contribution in [0.5, 0.6) is 11.5 Å². The number of hydrogen-bond donors (Lipinski definition) is 0. The van der Waals surface area contributed by atoms with Crippen molar-refractivity contribution in [3.63, 3.8) is 0 Å². The largest absolute Gasteiger partial charge is 0.481 e. The number of hydrogen-bond acceptors (Lipinski definition) is 3. The van der Waals surface area contributed by atoms with Crippen LogP contribution in [0.1, 0.15) is 19.3 Å². The van der Waals surface area contributed by atoms with Gasteiger partial charge in [0.25, 0.3) is 0 Å². The molecule has 3 rings (SSSR count). The van der Waals surface area contributed by atoms with Gasteiger partial charge in [-0.2, -0.15) is 0 Å². The first-order valence-electron chi connectivity index (χ1n) is 9.89. The lowest BCUT2D eigenvalue weighted by Crippen LogP contribution is -2.33. The zero-order valence-electron chi connectivity index (χ0n) is 16.7. The first-order chi connectivity index (χ1) is 13.9. The number of halogens is 1. The molecule has 4 heteroatoms. The Balaban J connectivity index is 0.00000300. The highest BCUT2D eigenvalue weighted by Gasteiger charge is 2.17. The van der Waals surface area contributed by atoms with Gasteiger partial charge in [0, 0.05) is 6.42 Å². The second-order valence-corrected chi connectivity index (χ2v) is 6.83. The van der Waals surface area contributed by atoms with Crippen LogP contribution in [0, 0.1) is 29.6 Å². The van der Waals surface area contributed by atoms with Crippen molar-refractivity contribution in [1.29, 1.82) is 0 Å². The maximum Gasteiger partial charge on any atom is 0.149 e. The molecule has 2 aromatic rings. The number of benzene rings is 2. The van der Waals surface area contributed by atoms with Gasteiger partial charge in [-0.25, -0.2) is 0 Å². The van der Waals surface area contributed by atoms with Gasteiger partial charge in [-0.15, -0.1) is 12.4 Å². The average molecular weight is 410 g/mol. The van der Waals surface area contributed by atoms with Crippen molar-refractivity contribution >= 4 is 12.4 Å². The van der Waals surface area contributed by atoms with Crippen molar-refractivity contribution in [2.24, 2.45) is 5.92 Å². The van der Waals surface area contributed by atoms with Crippen LogP contribution in [-0.2, 0) is 0 Å². The highest BCUT2D eigenvalue weighted by molar-refractivity contribution is 5.85. The molecule has 0 aromatic heterocycles. The molecule has 1 heterocycles. The van der Waals surface area contributed by atoms with E-state index in [4.69, 9.17) is 9.47 Å². The Morgan fingerprint density at radius 2 is 1.24 bits per heavy atom. The van der Waals surface area contributed by atoms with Crippen molar-refractivity contribution in [2.45, 2.75) is 19.3 Å². The van der Waals surface area contributed by atoms with E-state index >= 15 is 0 Å². The fourth-order valence-electron chi connectivity index (χ4n) is 3.11. The molecule has 0 bridgehead atoms. The summed E-state index contributed by atoms with van der Waals surface area (Å²) in [5, 5.41) is 0. The van der Waals surface area contributed by atoms with E-state index in [9.17, 15) is 0 Å². The topological polar surface area (TPSA) is 21.7 Å². The van der Waals surface area contributed by atoms with Gasteiger partial charge in [-0.1, -0.05) is 60.1 Å². The summed E-state index contributed by atoms with van der Waals surface area (Å²) in [7, 11) is 0. The van der Waals surface area contributed by atoms with Crippen LogP contribution in [0.15, 0.2) is 60.7 Å². The SMILES string of the molecule is C(#CCC1CCN(CC#CCOc2ccccc2)CC1)COc1ccccc1.Cl. The molecular formula is C25H28ClNO2. The molecule has 0 saturated carbocycles. The molecule has 1 aliphatic rings. The molecule has 0 atom stereocenters. The summed E-state index contributed by atoms with van der Waals surface area (Å²) in [5.74, 6) is 15.2. The van der Waals surface area contributed by atoms with Gasteiger partial charge in [0.1, 0.15) is 24.7 Å². The minimum Gasteiger partial charge on any atom is -0.481 e. The highest BCUT2D eigenvalue weighted by Crippen LogP contribution is 2.19. The molecule has 0 N–H and O–H groups in total. The number of rotatable bonds is 6. The summed E-state index contributed by atoms with van der Waals surface area (Å²) in [6.45, 7) is 3.92. The molecule has 0 radical (unpaired) electrons. The second kappa shape index (κ2) is 13.6. The summed E-state index contributed by atoms with van der Waals surface area (Å²) in [5.41, 5.74) is 0. The molecule has 3 nitrogen and oxygen atoms in total. The summed E-state index contributed by atoms with van der Waals surface area (Å²) < 4.78 is 11.2. The van der Waals surface area contributed by atoms with E-state index in [0.29, 0.717) is 19.1 Å². The van der Waals surface area contributed by atoms with Gasteiger partial charge in [0.05, 0.1) is 6.54 Å². The number of para-hydroxylation sites is 2. The van der Waals surface area contributed by atoms with Crippen LogP contribution in [0.25, 0.3) is 0 Å². The molecule has 0 unspecified atom stereocenters. The lowest BCUT2D eigenvalue weighted by atomic mass is 9.94. The summed E-state index contributed by atoms with van der Waals surface area (Å²) in [4.78, 5) is 2.41. The monoisotopic (exact) mass is 409 g/mol. The van der Waals surface area contributed by atoms with Crippen LogP contribution in [0.4, 0.5) is 0 Å². The molecule has 152 valence electrons. The van der Waals surface area contributed by atoms with Crippen molar-refractivity contribution in [1.82, 2.24) is 4.90 Å². The van der Waals surface area contributed by atoms with Gasteiger partial charge < -0.3 is 9.47 Å². The van der Waals surface area contributed by atoms with Crippen LogP contribution in [0.2, 0.25) is 0 Å². The highest BCUT2D eigenvalue weighted by atomic mass is 35.5. The van der Waals surface area contributed by atoms with Gasteiger partial charge in [-0.3, -0.25) is 4.90 Å². The van der Waals surface area contributed by atoms with E-state index in [1.54, 1.807) is 0 Å². The normalized spacial score (nSPS) is 13.8. The summed E-state index contributed by atoms with van der Waals surface area (Å²) >= 11 is 0. The van der Waals surface area contributed by atoms with Crippen molar-refractivity contribution in [3.05, 3.63) is 60.7 Å². The minimum absolute atomic E-state index is 0. The Morgan fingerprint density at radius 1 is 0.724 bits per heavy atom. The maximum absolute atomic E-state index is 5.60. The van der Waals surface area contributed by atoms with E-state index < -0.39 is 0 Å². The quantitative estimate of drug-likeness (QED) is 0.647. The third-order valence-corrected chi connectivity index (χ3v) is 4.76. The Morgan fingerprint density at radius 3 is 1.79 bits per heavy atom. The van der Waals surface area contributed by atoms with Crippen molar-refractivity contribution < 1.29 is 9.47 Å². The molecule has 1 saturated heterocycles. The Labute approximate surface area is 180 Å². The zero-order valence-corrected chi connectivity index (χ0v) is 17.5. The van der Waals surface area contributed by atoms with Gasteiger partial charge in [-0.05, 0) is 56.1 Å². The van der Waals surface area contributed by atoms with Crippen LogP contribution >= 0.6 is 12.4 Å². The molecule has 1 aliphatic heterocycles. The molecule has 0 spiro atoms. The van der Waals surface area contributed by atoms with Gasteiger partial charge in [0.15, 0.2) is 0 Å². The third-order valence-electron chi connectivity index (χ3n) is 4.76. The lowest BCUT2D eigenvalue weighted by Gasteiger charge is -2.29. The Bertz CT molecular complexity index is 738. The minimum atomic E-state index is 0. The predicted molar refractivity (Wildman–Crippen MR) is 120 cm³/mol. The predicted octanol–water partition coefficient (Wildman–Crippen LogP) is 4.68. The third kappa shape index (κ3) is 8.97. The number of ether oxygens (including phenoxy) is 2. The Hall–Kier alpha value is -2.59. The fraction of sp³-hybridized carbons (Fsp3) is 0.360. The van der Waals surface area contributed by atoms with Crippen LogP contribution in [0.3, 0.4) is 0 Å². The molecule has 2 aromatic carbocycles. The maximum atomic E-state index is 5.60. The standard InChI is InChI=1S/C25H27NO2.ClH/c1-3-12-24(13-4-1)27-21-9-7-11-23-16-19-26(20-17-23)18-8-10-22-28-25-14-5-2-6-15-25;/h1-6,12-15,23H,11,16-22H2;1H. The molecule has 29 heavy (non-hydrogen) atoms. The van der Waals surface area contributed by atoms with Crippen LogP contribution in [-0.4, -0.2) is 37.7 Å². The smallest absolute Gasteiger partial charge is 0.149 e. The molecule has 1 fully saturated rings. The first-order valence-corrected chi connectivity index (χ1v) is 9.89. The first kappa shape index (κ1) is 22.7. The van der Waals surface area contributed by atoms with E-state index in [2.05, 4.69) is 28.6 Å². The van der Waals surface area contributed by atoms with E-state index in [-0.39, 0.29) is 12.4 Å². The zero-order chi connectivity index (χ0) is 19.3. The summed E-state index contributed by atoms with van der Waals surface area (Å²) in [6.07, 6.45) is 3.34. The molecular weight excluding hydrogens is 382 g/mol. The number of piperidine rings is 1. The molecule has 0 aliphatic carbocycles. The second-order valence-electron chi connectivity index (χ2n) is 6.83. The number of likely N-dealkylation sites (tertiary alicyclic amines) is 1. The van der Waals surface area contributed by atoms with Crippen molar-refractivity contribution in [2.75, 3.05) is 32.8 Å². The average Bonchev–Trinajstić information content (AvgIpc) is 2.76. The van der Waals surface area contributed by atoms with Gasteiger partial charge >= 0.3 is 0 Å². The van der Waals surface area contributed by atoms with Crippen LogP contribution < -0.4 is 9.47 Å². The molecule has 0 amide bonds. The van der Waals surface area contributed by atoms with E-state index in [1.165, 1.54) is 12.8 Å². The lowest BCUT2D eigenvalue weighted by molar-refractivity contribution is 0.205. The Kier molecular flexibility index (Phi) is 10.6. The van der Waals surface area contributed by atoms with E-state index in [1.807, 2.05) is 60.7 Å². The van der Waals surface area contributed by atoms with E-state index in [0.717, 1.165) is 37.6 Å². The summed E-state index contributed by atoms with van der Waals surface area (Å²) in [6, 6.07) is 19.6. The van der Waals surface area contributed by atoms with Gasteiger partial charge in [0.2, 0.25) is 0 Å². The number of nitrogens with zero attached hydrogens (tertiary/aromatic N) is 1. The fourth-order valence-corrected chi connectivity index (χ4v) is 3.11.